The number of nitrogens with zero attached hydrogens (tertiary/aromatic N) is 3. The Hall–Kier alpha value is -2.97. The molecule has 2 amide bonds. The van der Waals surface area contributed by atoms with Crippen LogP contribution in [0.1, 0.15) is 16.9 Å². The molecule has 8 heteroatoms. The van der Waals surface area contributed by atoms with E-state index in [1.54, 1.807) is 6.07 Å². The lowest BCUT2D eigenvalue weighted by atomic mass is 10.1. The maximum Gasteiger partial charge on any atom is 0.270 e. The van der Waals surface area contributed by atoms with Crippen LogP contribution in [0, 0.1) is 13.8 Å². The fraction of sp³-hybridized carbons (Fsp3) is 0.318. The van der Waals surface area contributed by atoms with E-state index < -0.39 is 11.8 Å². The number of benzene rings is 1. The molecule has 0 atom stereocenters. The molecule has 156 valence electrons. The van der Waals surface area contributed by atoms with Crippen molar-refractivity contribution >= 4 is 46.8 Å². The first-order valence-electron chi connectivity index (χ1n) is 9.85. The predicted molar refractivity (Wildman–Crippen MR) is 121 cm³/mol. The van der Waals surface area contributed by atoms with Crippen molar-refractivity contribution in [1.29, 1.82) is 0 Å². The Bertz CT molecular complexity index is 1050. The fourth-order valence-corrected chi connectivity index (χ4v) is 3.97. The topological polar surface area (TPSA) is 69.0 Å². The molecule has 1 aromatic heterocycles. The van der Waals surface area contributed by atoms with Crippen molar-refractivity contribution < 1.29 is 14.0 Å². The summed E-state index contributed by atoms with van der Waals surface area (Å²) in [6.07, 6.45) is 1.48. The van der Waals surface area contributed by atoms with Gasteiger partial charge in [-0.15, -0.1) is 0 Å². The van der Waals surface area contributed by atoms with Gasteiger partial charge < -0.3 is 14.2 Å². The van der Waals surface area contributed by atoms with Gasteiger partial charge in [-0.1, -0.05) is 17.7 Å². The van der Waals surface area contributed by atoms with Crippen LogP contribution in [0.4, 0.5) is 11.6 Å². The Morgan fingerprint density at radius 2 is 1.80 bits per heavy atom. The number of aryl methyl sites for hydroxylation is 2. The SMILES string of the molecule is Cc1ccc(N2C(=O)/C(=C\c3ccc(N4CCN(C)CC4)o3)C(=O)NC2=S)c(C)c1. The van der Waals surface area contributed by atoms with Gasteiger partial charge >= 0.3 is 0 Å². The summed E-state index contributed by atoms with van der Waals surface area (Å²) >= 11 is 5.28. The van der Waals surface area contributed by atoms with Gasteiger partial charge in [0.05, 0.1) is 5.69 Å². The first-order valence-corrected chi connectivity index (χ1v) is 10.3. The summed E-state index contributed by atoms with van der Waals surface area (Å²) in [4.78, 5) is 31.5. The monoisotopic (exact) mass is 424 g/mol. The molecule has 1 aromatic carbocycles. The number of thiocarbonyl (C=S) groups is 1. The molecule has 0 radical (unpaired) electrons. The van der Waals surface area contributed by atoms with Gasteiger partial charge in [-0.3, -0.25) is 19.8 Å². The second-order valence-corrected chi connectivity index (χ2v) is 8.10. The van der Waals surface area contributed by atoms with E-state index >= 15 is 0 Å². The number of furan rings is 1. The van der Waals surface area contributed by atoms with E-state index in [0.717, 1.165) is 43.2 Å². The minimum atomic E-state index is -0.524. The van der Waals surface area contributed by atoms with Crippen LogP contribution < -0.4 is 15.1 Å². The van der Waals surface area contributed by atoms with Gasteiger partial charge in [0.2, 0.25) is 0 Å². The van der Waals surface area contributed by atoms with Gasteiger partial charge in [0.1, 0.15) is 11.3 Å². The van der Waals surface area contributed by atoms with Crippen LogP contribution in [0.2, 0.25) is 0 Å². The highest BCUT2D eigenvalue weighted by Gasteiger charge is 2.35. The standard InChI is InChI=1S/C22H24N4O3S/c1-14-4-6-18(15(2)12-14)26-21(28)17(20(27)23-22(26)30)13-16-5-7-19(29-16)25-10-8-24(3)9-11-25/h4-7,12-13H,8-11H2,1-3H3,(H,23,27,30)/b17-13-. The number of carbonyl (C=O) groups is 2. The number of piperazine rings is 1. The molecule has 2 saturated heterocycles. The molecule has 7 nitrogen and oxygen atoms in total. The molecule has 3 heterocycles. The lowest BCUT2D eigenvalue weighted by Crippen LogP contribution is -2.54. The summed E-state index contributed by atoms with van der Waals surface area (Å²) in [7, 11) is 2.09. The molecule has 0 unspecified atom stereocenters. The van der Waals surface area contributed by atoms with E-state index in [1.807, 2.05) is 38.1 Å². The summed E-state index contributed by atoms with van der Waals surface area (Å²) in [6.45, 7) is 7.55. The lowest BCUT2D eigenvalue weighted by molar-refractivity contribution is -0.122. The van der Waals surface area contributed by atoms with E-state index in [2.05, 4.69) is 22.2 Å². The third kappa shape index (κ3) is 3.88. The molecular formula is C22H24N4O3S. The number of rotatable bonds is 3. The van der Waals surface area contributed by atoms with Gasteiger partial charge in [-0.05, 0) is 56.9 Å². The van der Waals surface area contributed by atoms with Crippen LogP contribution in [-0.2, 0) is 9.59 Å². The van der Waals surface area contributed by atoms with Crippen molar-refractivity contribution in [3.8, 4) is 0 Å². The summed E-state index contributed by atoms with van der Waals surface area (Å²) in [5.74, 6) is 0.202. The Labute approximate surface area is 180 Å². The average Bonchev–Trinajstić information content (AvgIpc) is 3.16. The third-order valence-electron chi connectivity index (χ3n) is 5.41. The van der Waals surface area contributed by atoms with Crippen molar-refractivity contribution in [1.82, 2.24) is 10.2 Å². The Morgan fingerprint density at radius 1 is 1.07 bits per heavy atom. The van der Waals surface area contributed by atoms with E-state index in [1.165, 1.54) is 11.0 Å². The van der Waals surface area contributed by atoms with Crippen LogP contribution in [-0.4, -0.2) is 55.1 Å². The molecule has 4 rings (SSSR count). The number of nitrogens with one attached hydrogen (secondary N) is 1. The molecule has 2 aromatic rings. The van der Waals surface area contributed by atoms with Crippen LogP contribution in [0.25, 0.3) is 6.08 Å². The summed E-state index contributed by atoms with van der Waals surface area (Å²) in [5, 5.41) is 2.69. The Balaban J connectivity index is 1.61. The molecular weight excluding hydrogens is 400 g/mol. The number of likely N-dealkylation sites (N-methyl/N-ethyl adjacent to an activating group) is 1. The summed E-state index contributed by atoms with van der Waals surface area (Å²) in [5.41, 5.74) is 2.62. The van der Waals surface area contributed by atoms with Gasteiger partial charge in [-0.2, -0.15) is 0 Å². The highest BCUT2D eigenvalue weighted by molar-refractivity contribution is 7.80. The Kier molecular flexibility index (Phi) is 5.44. The molecule has 2 fully saturated rings. The largest absolute Gasteiger partial charge is 0.441 e. The molecule has 30 heavy (non-hydrogen) atoms. The maximum atomic E-state index is 13.2. The quantitative estimate of drug-likeness (QED) is 0.464. The minimum absolute atomic E-state index is 0.0112. The zero-order chi connectivity index (χ0) is 21.4. The fourth-order valence-electron chi connectivity index (χ4n) is 3.69. The molecule has 2 aliphatic heterocycles. The van der Waals surface area contributed by atoms with Crippen LogP contribution in [0.3, 0.4) is 0 Å². The molecule has 0 spiro atoms. The zero-order valence-electron chi connectivity index (χ0n) is 17.3. The van der Waals surface area contributed by atoms with Gasteiger partial charge in [0.15, 0.2) is 11.0 Å². The second kappa shape index (κ2) is 8.04. The summed E-state index contributed by atoms with van der Waals surface area (Å²) < 4.78 is 5.91. The normalized spacial score (nSPS) is 19.6. The molecule has 2 aliphatic rings. The maximum absolute atomic E-state index is 13.2. The average molecular weight is 425 g/mol. The van der Waals surface area contributed by atoms with Crippen molar-refractivity contribution in [2.75, 3.05) is 43.0 Å². The molecule has 0 saturated carbocycles. The van der Waals surface area contributed by atoms with E-state index in [-0.39, 0.29) is 10.7 Å². The zero-order valence-corrected chi connectivity index (χ0v) is 18.1. The lowest BCUT2D eigenvalue weighted by Gasteiger charge is -2.32. The first kappa shape index (κ1) is 20.3. The second-order valence-electron chi connectivity index (χ2n) is 7.71. The van der Waals surface area contributed by atoms with Gasteiger partial charge in [-0.25, -0.2) is 0 Å². The van der Waals surface area contributed by atoms with E-state index in [9.17, 15) is 9.59 Å². The van der Waals surface area contributed by atoms with Crippen LogP contribution in [0.15, 0.2) is 40.3 Å². The smallest absolute Gasteiger partial charge is 0.270 e. The van der Waals surface area contributed by atoms with E-state index in [0.29, 0.717) is 11.4 Å². The highest BCUT2D eigenvalue weighted by atomic mass is 32.1. The first-order chi connectivity index (χ1) is 14.3. The minimum Gasteiger partial charge on any atom is -0.441 e. The van der Waals surface area contributed by atoms with Crippen LogP contribution >= 0.6 is 12.2 Å². The highest BCUT2D eigenvalue weighted by Crippen LogP contribution is 2.27. The predicted octanol–water partition coefficient (Wildman–Crippen LogP) is 2.48. The number of hydrogen-bond donors (Lipinski definition) is 1. The number of amides is 2. The van der Waals surface area contributed by atoms with Crippen molar-refractivity contribution in [3.63, 3.8) is 0 Å². The molecule has 1 N–H and O–H groups in total. The van der Waals surface area contributed by atoms with E-state index in [4.69, 9.17) is 16.6 Å². The number of carbonyl (C=O) groups excluding carboxylic acids is 2. The van der Waals surface area contributed by atoms with Crippen molar-refractivity contribution in [3.05, 3.63) is 52.8 Å². The van der Waals surface area contributed by atoms with Crippen molar-refractivity contribution in [2.24, 2.45) is 0 Å². The van der Waals surface area contributed by atoms with Crippen molar-refractivity contribution in [2.45, 2.75) is 13.8 Å². The summed E-state index contributed by atoms with van der Waals surface area (Å²) in [6, 6.07) is 9.36. The van der Waals surface area contributed by atoms with Gasteiger partial charge in [0.25, 0.3) is 11.8 Å². The molecule has 0 bridgehead atoms. The number of anilines is 2. The van der Waals surface area contributed by atoms with Gasteiger partial charge in [0, 0.05) is 32.2 Å². The van der Waals surface area contributed by atoms with Crippen LogP contribution in [0.5, 0.6) is 0 Å². The molecule has 0 aliphatic carbocycles. The Morgan fingerprint density at radius 3 is 2.50 bits per heavy atom. The number of hydrogen-bond acceptors (Lipinski definition) is 6. The third-order valence-corrected chi connectivity index (χ3v) is 5.69.